The first kappa shape index (κ1) is 21.7. The van der Waals surface area contributed by atoms with Gasteiger partial charge in [-0.2, -0.15) is 0 Å². The molecule has 0 aromatic rings. The Hall–Kier alpha value is -0.360. The Kier molecular flexibility index (Phi) is 10.9. The smallest absolute Gasteiger partial charge is 0.225 e. The van der Waals surface area contributed by atoms with Crippen LogP contribution in [-0.4, -0.2) is 75.7 Å². The molecule has 142 valence electrons. The Morgan fingerprint density at radius 1 is 1.17 bits per heavy atom. The predicted octanol–water partition coefficient (Wildman–Crippen LogP) is 2.00. The van der Waals surface area contributed by atoms with Crippen molar-refractivity contribution in [1.82, 2.24) is 15.1 Å². The number of carbonyl (C=O) groups excluding carboxylic acids is 1. The standard InChI is InChI=1S/C18H35N3O2.ClH/c1-20(14-15-23-2)11-3-4-16-7-12-21(13-8-16)18(22)17-5-9-19-10-6-17;/h16-17,19H,3-15H2,1-2H3;1H. The third-order valence-electron chi connectivity index (χ3n) is 5.44. The minimum absolute atomic E-state index is 0. The molecule has 0 aromatic carbocycles. The van der Waals surface area contributed by atoms with Crippen molar-refractivity contribution in [2.75, 3.05) is 60.0 Å². The van der Waals surface area contributed by atoms with E-state index in [4.69, 9.17) is 4.74 Å². The van der Waals surface area contributed by atoms with Gasteiger partial charge in [0.15, 0.2) is 0 Å². The molecule has 0 spiro atoms. The molecule has 2 heterocycles. The molecule has 0 aromatic heterocycles. The molecule has 2 fully saturated rings. The highest BCUT2D eigenvalue weighted by molar-refractivity contribution is 5.85. The van der Waals surface area contributed by atoms with Gasteiger partial charge in [0.25, 0.3) is 0 Å². The summed E-state index contributed by atoms with van der Waals surface area (Å²) < 4.78 is 5.11. The van der Waals surface area contributed by atoms with Crippen molar-refractivity contribution in [3.05, 3.63) is 0 Å². The first-order valence-electron chi connectivity index (χ1n) is 9.37. The lowest BCUT2D eigenvalue weighted by Crippen LogP contribution is -2.44. The summed E-state index contributed by atoms with van der Waals surface area (Å²) in [7, 11) is 3.92. The van der Waals surface area contributed by atoms with Crippen LogP contribution in [0.3, 0.4) is 0 Å². The Labute approximate surface area is 153 Å². The summed E-state index contributed by atoms with van der Waals surface area (Å²) in [6.07, 6.45) is 6.98. The molecule has 0 aliphatic carbocycles. The van der Waals surface area contributed by atoms with Crippen molar-refractivity contribution in [3.63, 3.8) is 0 Å². The molecule has 1 amide bonds. The van der Waals surface area contributed by atoms with Gasteiger partial charge in [-0.3, -0.25) is 4.79 Å². The lowest BCUT2D eigenvalue weighted by atomic mass is 9.90. The fraction of sp³-hybridized carbons (Fsp3) is 0.944. The van der Waals surface area contributed by atoms with Crippen LogP contribution >= 0.6 is 12.4 Å². The molecule has 24 heavy (non-hydrogen) atoms. The summed E-state index contributed by atoms with van der Waals surface area (Å²) in [4.78, 5) is 17.0. The third kappa shape index (κ3) is 7.26. The van der Waals surface area contributed by atoms with E-state index in [1.165, 1.54) is 25.7 Å². The van der Waals surface area contributed by atoms with E-state index < -0.39 is 0 Å². The highest BCUT2D eigenvalue weighted by Crippen LogP contribution is 2.24. The van der Waals surface area contributed by atoms with E-state index in [-0.39, 0.29) is 18.3 Å². The van der Waals surface area contributed by atoms with E-state index in [0.717, 1.165) is 64.6 Å². The number of nitrogens with zero attached hydrogens (tertiary/aromatic N) is 2. The SMILES string of the molecule is COCCN(C)CCCC1CCN(C(=O)C2CCNCC2)CC1.Cl. The van der Waals surface area contributed by atoms with Crippen LogP contribution in [0.25, 0.3) is 0 Å². The van der Waals surface area contributed by atoms with E-state index in [9.17, 15) is 4.79 Å². The second-order valence-corrected chi connectivity index (χ2v) is 7.23. The molecule has 5 nitrogen and oxygen atoms in total. The lowest BCUT2D eigenvalue weighted by molar-refractivity contribution is -0.137. The Morgan fingerprint density at radius 2 is 1.83 bits per heavy atom. The van der Waals surface area contributed by atoms with Gasteiger partial charge in [-0.25, -0.2) is 0 Å². The molecule has 0 unspecified atom stereocenters. The lowest BCUT2D eigenvalue weighted by Gasteiger charge is -2.35. The van der Waals surface area contributed by atoms with Gasteiger partial charge in [0, 0.05) is 32.7 Å². The van der Waals surface area contributed by atoms with Crippen LogP contribution < -0.4 is 5.32 Å². The number of likely N-dealkylation sites (N-methyl/N-ethyl adjacent to an activating group) is 1. The van der Waals surface area contributed by atoms with Gasteiger partial charge in [0.05, 0.1) is 6.61 Å². The summed E-state index contributed by atoms with van der Waals surface area (Å²) in [6.45, 7) is 6.94. The molecule has 0 bridgehead atoms. The van der Waals surface area contributed by atoms with Gasteiger partial charge >= 0.3 is 0 Å². The van der Waals surface area contributed by atoms with Gasteiger partial charge < -0.3 is 19.9 Å². The molecule has 0 radical (unpaired) electrons. The fourth-order valence-electron chi connectivity index (χ4n) is 3.78. The van der Waals surface area contributed by atoms with E-state index in [1.54, 1.807) is 7.11 Å². The maximum Gasteiger partial charge on any atom is 0.225 e. The van der Waals surface area contributed by atoms with Crippen LogP contribution in [0.15, 0.2) is 0 Å². The van der Waals surface area contributed by atoms with E-state index in [0.29, 0.717) is 5.91 Å². The zero-order valence-electron chi connectivity index (χ0n) is 15.5. The quantitative estimate of drug-likeness (QED) is 0.718. The number of halogens is 1. The highest BCUT2D eigenvalue weighted by atomic mass is 35.5. The Bertz CT molecular complexity index is 343. The molecule has 6 heteroatoms. The number of hydrogen-bond acceptors (Lipinski definition) is 4. The average Bonchev–Trinajstić information content (AvgIpc) is 2.60. The van der Waals surface area contributed by atoms with Crippen molar-refractivity contribution in [3.8, 4) is 0 Å². The molecule has 2 saturated heterocycles. The maximum atomic E-state index is 12.5. The van der Waals surface area contributed by atoms with Crippen LogP contribution in [0.4, 0.5) is 0 Å². The molecule has 2 aliphatic rings. The highest BCUT2D eigenvalue weighted by Gasteiger charge is 2.28. The largest absolute Gasteiger partial charge is 0.383 e. The molecule has 0 atom stereocenters. The topological polar surface area (TPSA) is 44.8 Å². The van der Waals surface area contributed by atoms with Gasteiger partial charge in [-0.1, -0.05) is 0 Å². The summed E-state index contributed by atoms with van der Waals surface area (Å²) in [5.41, 5.74) is 0. The number of methoxy groups -OCH3 is 1. The predicted molar refractivity (Wildman–Crippen MR) is 101 cm³/mol. The van der Waals surface area contributed by atoms with Crippen molar-refractivity contribution in [2.24, 2.45) is 11.8 Å². The second kappa shape index (κ2) is 12.1. The molecule has 2 rings (SSSR count). The van der Waals surface area contributed by atoms with Crippen molar-refractivity contribution >= 4 is 18.3 Å². The Morgan fingerprint density at radius 3 is 2.46 bits per heavy atom. The monoisotopic (exact) mass is 361 g/mol. The Balaban J connectivity index is 0.00000288. The van der Waals surface area contributed by atoms with Gasteiger partial charge in [-0.05, 0) is 71.1 Å². The minimum atomic E-state index is 0. The van der Waals surface area contributed by atoms with Crippen molar-refractivity contribution in [1.29, 1.82) is 0 Å². The van der Waals surface area contributed by atoms with Crippen molar-refractivity contribution in [2.45, 2.75) is 38.5 Å². The van der Waals surface area contributed by atoms with Gasteiger partial charge in [0.1, 0.15) is 0 Å². The number of carbonyl (C=O) groups is 1. The van der Waals surface area contributed by atoms with Crippen LogP contribution in [0.2, 0.25) is 0 Å². The average molecular weight is 362 g/mol. The van der Waals surface area contributed by atoms with Crippen LogP contribution in [0.1, 0.15) is 38.5 Å². The fourth-order valence-corrected chi connectivity index (χ4v) is 3.78. The molecular weight excluding hydrogens is 326 g/mol. The van der Waals surface area contributed by atoms with Crippen LogP contribution in [0.5, 0.6) is 0 Å². The summed E-state index contributed by atoms with van der Waals surface area (Å²) >= 11 is 0. The van der Waals surface area contributed by atoms with Gasteiger partial charge in [0.2, 0.25) is 5.91 Å². The van der Waals surface area contributed by atoms with Crippen LogP contribution in [0, 0.1) is 11.8 Å². The zero-order valence-corrected chi connectivity index (χ0v) is 16.3. The summed E-state index contributed by atoms with van der Waals surface area (Å²) in [5.74, 6) is 1.51. The van der Waals surface area contributed by atoms with Crippen molar-refractivity contribution < 1.29 is 9.53 Å². The second-order valence-electron chi connectivity index (χ2n) is 7.23. The number of hydrogen-bond donors (Lipinski definition) is 1. The van der Waals surface area contributed by atoms with Gasteiger partial charge in [-0.15, -0.1) is 12.4 Å². The van der Waals surface area contributed by atoms with E-state index in [2.05, 4.69) is 22.2 Å². The maximum absolute atomic E-state index is 12.5. The number of piperidine rings is 2. The molecule has 1 N–H and O–H groups in total. The molecule has 2 aliphatic heterocycles. The first-order valence-corrected chi connectivity index (χ1v) is 9.37. The number of amides is 1. The third-order valence-corrected chi connectivity index (χ3v) is 5.44. The minimum Gasteiger partial charge on any atom is -0.383 e. The van der Waals surface area contributed by atoms with Crippen LogP contribution in [-0.2, 0) is 9.53 Å². The normalized spacial score (nSPS) is 20.2. The zero-order chi connectivity index (χ0) is 16.5. The first-order chi connectivity index (χ1) is 11.2. The number of ether oxygens (including phenoxy) is 1. The molecule has 0 saturated carbocycles. The number of rotatable bonds is 8. The van der Waals surface area contributed by atoms with E-state index >= 15 is 0 Å². The number of likely N-dealkylation sites (tertiary alicyclic amines) is 1. The molecular formula is C18H36ClN3O2. The summed E-state index contributed by atoms with van der Waals surface area (Å²) in [5, 5.41) is 3.34. The summed E-state index contributed by atoms with van der Waals surface area (Å²) in [6, 6.07) is 0. The van der Waals surface area contributed by atoms with E-state index in [1.807, 2.05) is 0 Å². The number of nitrogens with one attached hydrogen (secondary N) is 1.